The number of aromatic nitrogens is 4. The number of amides is 1. The van der Waals surface area contributed by atoms with Crippen molar-refractivity contribution in [2.45, 2.75) is 38.6 Å². The first kappa shape index (κ1) is 25.3. The number of benzene rings is 2. The molecule has 39 heavy (non-hydrogen) atoms. The van der Waals surface area contributed by atoms with Crippen LogP contribution in [0.5, 0.6) is 17.2 Å². The molecule has 0 aliphatic carbocycles. The number of likely N-dealkylation sites (N-methyl/N-ethyl adjacent to an activating group) is 1. The Hall–Kier alpha value is -3.99. The average Bonchev–Trinajstić information content (AvgIpc) is 3.65. The highest BCUT2D eigenvalue weighted by Gasteiger charge is 2.38. The van der Waals surface area contributed by atoms with E-state index < -0.39 is 0 Å². The molecule has 0 spiro atoms. The zero-order valence-corrected chi connectivity index (χ0v) is 22.4. The minimum Gasteiger partial charge on any atom is -0.492 e. The number of tetrazole rings is 1. The summed E-state index contributed by atoms with van der Waals surface area (Å²) in [5.74, 6) is 2.90. The number of hydrogen-bond donors (Lipinski definition) is 0. The van der Waals surface area contributed by atoms with Crippen LogP contribution in [0, 0.1) is 5.92 Å². The lowest BCUT2D eigenvalue weighted by molar-refractivity contribution is -0.123. The largest absolute Gasteiger partial charge is 0.492 e. The average molecular weight is 533 g/mol. The fourth-order valence-corrected chi connectivity index (χ4v) is 5.93. The third-order valence-corrected chi connectivity index (χ3v) is 8.08. The molecule has 0 radical (unpaired) electrons. The molecule has 1 fully saturated rings. The standard InChI is InChI=1S/C28H32N6O5/c1-4-21(35)17-10-13-33(14-11-17)28(36)18-5-7-20(8-6-18)34-27(29-30-31-34)24-23-19(9-12-32(24)2)15-22-25(26(23)37-3)39-16-38-22/h5-8,15,17,24H,4,9-14,16H2,1-3H3/t24-/m1/s1. The SMILES string of the molecule is CCC(=O)C1CCN(C(=O)c2ccc(-n3nnnc3[C@H]3c4c(cc5c(c4OC)OCO5)CCN3C)cc2)CC1. The smallest absolute Gasteiger partial charge is 0.253 e. The third-order valence-electron chi connectivity index (χ3n) is 8.08. The zero-order chi connectivity index (χ0) is 27.1. The number of Topliss-reactive ketones (excluding diaryl/α,β-unsaturated/α-hetero) is 1. The van der Waals surface area contributed by atoms with Gasteiger partial charge >= 0.3 is 0 Å². The molecule has 0 N–H and O–H groups in total. The number of nitrogens with zero attached hydrogens (tertiary/aromatic N) is 6. The first-order valence-electron chi connectivity index (χ1n) is 13.4. The Morgan fingerprint density at radius 2 is 1.87 bits per heavy atom. The van der Waals surface area contributed by atoms with Gasteiger partial charge in [0.1, 0.15) is 11.8 Å². The van der Waals surface area contributed by atoms with Gasteiger partial charge in [-0.05, 0) is 72.6 Å². The number of hydrogen-bond acceptors (Lipinski definition) is 9. The topological polar surface area (TPSA) is 112 Å². The maximum atomic E-state index is 13.2. The van der Waals surface area contributed by atoms with Crippen LogP contribution in [0.25, 0.3) is 5.69 Å². The first-order valence-corrected chi connectivity index (χ1v) is 13.4. The predicted octanol–water partition coefficient (Wildman–Crippen LogP) is 2.81. The van der Waals surface area contributed by atoms with Crippen molar-refractivity contribution in [1.82, 2.24) is 30.0 Å². The molecule has 3 aromatic rings. The molecule has 204 valence electrons. The summed E-state index contributed by atoms with van der Waals surface area (Å²) < 4.78 is 18.9. The van der Waals surface area contributed by atoms with E-state index in [1.807, 2.05) is 49.2 Å². The van der Waals surface area contributed by atoms with Crippen LogP contribution in [0.3, 0.4) is 0 Å². The number of piperidine rings is 1. The molecule has 0 bridgehead atoms. The van der Waals surface area contributed by atoms with Gasteiger partial charge in [-0.25, -0.2) is 0 Å². The highest BCUT2D eigenvalue weighted by Crippen LogP contribution is 2.50. The van der Waals surface area contributed by atoms with Crippen molar-refractivity contribution in [3.8, 4) is 22.9 Å². The molecule has 11 heteroatoms. The monoisotopic (exact) mass is 532 g/mol. The Kier molecular flexibility index (Phi) is 6.68. The Morgan fingerprint density at radius 3 is 2.59 bits per heavy atom. The van der Waals surface area contributed by atoms with E-state index in [1.54, 1.807) is 11.8 Å². The summed E-state index contributed by atoms with van der Waals surface area (Å²) in [7, 11) is 3.67. The molecular weight excluding hydrogens is 500 g/mol. The van der Waals surface area contributed by atoms with Gasteiger partial charge < -0.3 is 19.1 Å². The van der Waals surface area contributed by atoms with Crippen LogP contribution in [0.4, 0.5) is 0 Å². The van der Waals surface area contributed by atoms with E-state index in [2.05, 4.69) is 20.4 Å². The van der Waals surface area contributed by atoms with E-state index in [4.69, 9.17) is 14.2 Å². The Bertz CT molecular complexity index is 1400. The molecule has 11 nitrogen and oxygen atoms in total. The number of rotatable bonds is 6. The van der Waals surface area contributed by atoms with Crippen molar-refractivity contribution < 1.29 is 23.8 Å². The van der Waals surface area contributed by atoms with Gasteiger partial charge in [-0.15, -0.1) is 5.10 Å². The summed E-state index contributed by atoms with van der Waals surface area (Å²) in [6, 6.07) is 9.09. The normalized spacial score (nSPS) is 19.2. The fraction of sp³-hybridized carbons (Fsp3) is 0.464. The van der Waals surface area contributed by atoms with Gasteiger partial charge in [0.15, 0.2) is 17.3 Å². The summed E-state index contributed by atoms with van der Waals surface area (Å²) in [4.78, 5) is 29.2. The van der Waals surface area contributed by atoms with E-state index in [9.17, 15) is 9.59 Å². The molecule has 3 aliphatic heterocycles. The van der Waals surface area contributed by atoms with E-state index in [-0.39, 0.29) is 30.4 Å². The predicted molar refractivity (Wildman–Crippen MR) is 140 cm³/mol. The van der Waals surface area contributed by atoms with Crippen molar-refractivity contribution in [2.75, 3.05) is 40.6 Å². The van der Waals surface area contributed by atoms with Crippen molar-refractivity contribution in [3.05, 3.63) is 52.8 Å². The maximum Gasteiger partial charge on any atom is 0.253 e. The summed E-state index contributed by atoms with van der Waals surface area (Å²) in [6.45, 7) is 4.06. The summed E-state index contributed by atoms with van der Waals surface area (Å²) in [5, 5.41) is 12.7. The van der Waals surface area contributed by atoms with Crippen LogP contribution in [-0.4, -0.2) is 82.3 Å². The Labute approximate surface area is 226 Å². The lowest BCUT2D eigenvalue weighted by Crippen LogP contribution is -2.40. The Morgan fingerprint density at radius 1 is 1.10 bits per heavy atom. The molecule has 1 aromatic heterocycles. The number of carbonyl (C=O) groups is 2. The molecule has 2 aromatic carbocycles. The molecule has 1 amide bonds. The summed E-state index contributed by atoms with van der Waals surface area (Å²) >= 11 is 0. The summed E-state index contributed by atoms with van der Waals surface area (Å²) in [5.41, 5.74) is 3.42. The van der Waals surface area contributed by atoms with Gasteiger partial charge in [-0.2, -0.15) is 4.68 Å². The van der Waals surface area contributed by atoms with Crippen molar-refractivity contribution in [2.24, 2.45) is 5.92 Å². The Balaban J connectivity index is 1.27. The molecule has 4 heterocycles. The molecule has 1 atom stereocenters. The molecular formula is C28H32N6O5. The highest BCUT2D eigenvalue weighted by molar-refractivity contribution is 5.94. The maximum absolute atomic E-state index is 13.2. The minimum atomic E-state index is -0.276. The third kappa shape index (κ3) is 4.40. The van der Waals surface area contributed by atoms with Gasteiger partial charge in [0, 0.05) is 43.1 Å². The summed E-state index contributed by atoms with van der Waals surface area (Å²) in [6.07, 6.45) is 2.84. The lowest BCUT2D eigenvalue weighted by atomic mass is 9.90. The van der Waals surface area contributed by atoms with E-state index in [0.717, 1.165) is 42.6 Å². The quantitative estimate of drug-likeness (QED) is 0.473. The lowest BCUT2D eigenvalue weighted by Gasteiger charge is -2.34. The zero-order valence-electron chi connectivity index (χ0n) is 22.4. The first-order chi connectivity index (χ1) is 19.0. The molecule has 0 saturated carbocycles. The van der Waals surface area contributed by atoms with E-state index >= 15 is 0 Å². The number of ether oxygens (including phenoxy) is 3. The van der Waals surface area contributed by atoms with Crippen LogP contribution in [0.1, 0.15) is 59.5 Å². The molecule has 0 unspecified atom stereocenters. The molecule has 3 aliphatic rings. The van der Waals surface area contributed by atoms with Gasteiger partial charge in [-0.1, -0.05) is 6.92 Å². The number of carbonyl (C=O) groups excluding carboxylic acids is 2. The van der Waals surface area contributed by atoms with Gasteiger partial charge in [0.05, 0.1) is 12.8 Å². The minimum absolute atomic E-state index is 0.0253. The van der Waals surface area contributed by atoms with Crippen LogP contribution >= 0.6 is 0 Å². The van der Waals surface area contributed by atoms with Gasteiger partial charge in [0.2, 0.25) is 12.5 Å². The molecule has 1 saturated heterocycles. The van der Waals surface area contributed by atoms with Crippen LogP contribution < -0.4 is 14.2 Å². The van der Waals surface area contributed by atoms with Crippen LogP contribution in [0.2, 0.25) is 0 Å². The van der Waals surface area contributed by atoms with Gasteiger partial charge in [0.25, 0.3) is 5.91 Å². The number of ketones is 1. The van der Waals surface area contributed by atoms with Crippen LogP contribution in [-0.2, 0) is 11.2 Å². The number of fused-ring (bicyclic) bond motifs is 2. The van der Waals surface area contributed by atoms with Crippen molar-refractivity contribution >= 4 is 11.7 Å². The van der Waals surface area contributed by atoms with E-state index in [0.29, 0.717) is 48.1 Å². The van der Waals surface area contributed by atoms with Crippen molar-refractivity contribution in [3.63, 3.8) is 0 Å². The highest BCUT2D eigenvalue weighted by atomic mass is 16.7. The van der Waals surface area contributed by atoms with E-state index in [1.165, 1.54) is 0 Å². The second-order valence-electron chi connectivity index (χ2n) is 10.2. The number of likely N-dealkylation sites (tertiary alicyclic amines) is 1. The number of methoxy groups -OCH3 is 1. The van der Waals surface area contributed by atoms with Crippen molar-refractivity contribution in [1.29, 1.82) is 0 Å². The molecule has 6 rings (SSSR count). The van der Waals surface area contributed by atoms with Gasteiger partial charge in [-0.3, -0.25) is 14.5 Å². The van der Waals surface area contributed by atoms with Crippen LogP contribution in [0.15, 0.2) is 30.3 Å². The second-order valence-corrected chi connectivity index (χ2v) is 10.2. The second kappa shape index (κ2) is 10.3. The fourth-order valence-electron chi connectivity index (χ4n) is 5.93.